The highest BCUT2D eigenvalue weighted by Gasteiger charge is 2.41. The highest BCUT2D eigenvalue weighted by molar-refractivity contribution is 5.84. The summed E-state index contributed by atoms with van der Waals surface area (Å²) in [6, 6.07) is 0. The van der Waals surface area contributed by atoms with Crippen molar-refractivity contribution >= 4 is 12.5 Å². The number of hydrogen-bond acceptors (Lipinski definition) is 2. The third kappa shape index (κ3) is 1.63. The Morgan fingerprint density at radius 1 is 1.47 bits per heavy atom. The maximum atomic E-state index is 11.6. The molecule has 0 N–H and O–H groups in total. The minimum Gasteiger partial charge on any atom is -0.300 e. The van der Waals surface area contributed by atoms with E-state index in [1.165, 1.54) is 30.4 Å². The van der Waals surface area contributed by atoms with E-state index in [0.29, 0.717) is 0 Å². The third-order valence-corrected chi connectivity index (χ3v) is 4.20. The van der Waals surface area contributed by atoms with Gasteiger partial charge in [0.15, 0.2) is 11.8 Å². The molecule has 17 heavy (non-hydrogen) atoms. The van der Waals surface area contributed by atoms with E-state index in [4.69, 9.17) is 0 Å². The van der Waals surface area contributed by atoms with Crippen LogP contribution in [0.25, 0.3) is 0 Å². The smallest absolute Gasteiger partial charge is 0.155 e. The number of carbonyl (C=O) groups excluding carboxylic acids is 1. The number of aliphatic imine (C=N–C) groups is 1. The van der Waals surface area contributed by atoms with E-state index in [-0.39, 0.29) is 0 Å². The molecule has 0 saturated heterocycles. The molecule has 3 rings (SSSR count). The molecule has 2 nitrogen and oxygen atoms in total. The van der Waals surface area contributed by atoms with E-state index >= 15 is 0 Å². The van der Waals surface area contributed by atoms with Crippen molar-refractivity contribution in [2.24, 2.45) is 10.9 Å². The fraction of sp³-hybridized carbons (Fsp3) is 0.467. The summed E-state index contributed by atoms with van der Waals surface area (Å²) < 4.78 is 0. The van der Waals surface area contributed by atoms with Gasteiger partial charge in [0.1, 0.15) is 0 Å². The first-order valence-corrected chi connectivity index (χ1v) is 6.32. The minimum atomic E-state index is -0.696. The van der Waals surface area contributed by atoms with Gasteiger partial charge in [-0.05, 0) is 61.8 Å². The van der Waals surface area contributed by atoms with Crippen molar-refractivity contribution < 1.29 is 4.79 Å². The number of rotatable bonds is 2. The average molecular weight is 227 g/mol. The largest absolute Gasteiger partial charge is 0.300 e. The Hall–Kier alpha value is -1.44. The number of fused-ring (bicyclic) bond motifs is 2. The fourth-order valence-corrected chi connectivity index (χ4v) is 3.21. The molecule has 0 radical (unpaired) electrons. The molecule has 2 heteroatoms. The molecule has 1 heterocycles. The van der Waals surface area contributed by atoms with Crippen molar-refractivity contribution in [1.82, 2.24) is 0 Å². The summed E-state index contributed by atoms with van der Waals surface area (Å²) in [5.74, 6) is 0.776. The molecule has 0 aromatic heterocycles. The van der Waals surface area contributed by atoms with E-state index in [1.54, 1.807) is 6.21 Å². The summed E-state index contributed by atoms with van der Waals surface area (Å²) in [4.78, 5) is 16.1. The Morgan fingerprint density at radius 3 is 3.00 bits per heavy atom. The second-order valence-corrected chi connectivity index (χ2v) is 5.36. The number of aldehydes is 1. The van der Waals surface area contributed by atoms with Crippen LogP contribution in [0.5, 0.6) is 0 Å². The lowest BCUT2D eigenvalue weighted by molar-refractivity contribution is -0.110. The molecule has 1 fully saturated rings. The first kappa shape index (κ1) is 10.7. The Balaban J connectivity index is 2.05. The van der Waals surface area contributed by atoms with Gasteiger partial charge in [0.25, 0.3) is 0 Å². The third-order valence-electron chi connectivity index (χ3n) is 4.20. The molecule has 2 atom stereocenters. The lowest BCUT2D eigenvalue weighted by atomic mass is 9.83. The molecule has 2 bridgehead atoms. The second-order valence-electron chi connectivity index (χ2n) is 5.36. The average Bonchev–Trinajstić information content (AvgIpc) is 2.91. The van der Waals surface area contributed by atoms with E-state index in [1.807, 2.05) is 25.2 Å². The molecular weight excluding hydrogens is 210 g/mol. The van der Waals surface area contributed by atoms with Gasteiger partial charge in [0, 0.05) is 6.21 Å². The molecule has 2 unspecified atom stereocenters. The predicted octanol–water partition coefficient (Wildman–Crippen LogP) is 3.01. The number of nitrogens with zero attached hydrogens (tertiary/aromatic N) is 1. The molecule has 1 saturated carbocycles. The highest BCUT2D eigenvalue weighted by atomic mass is 16.1. The van der Waals surface area contributed by atoms with Crippen LogP contribution in [-0.2, 0) is 4.79 Å². The highest BCUT2D eigenvalue weighted by Crippen LogP contribution is 2.48. The van der Waals surface area contributed by atoms with E-state index in [9.17, 15) is 4.79 Å². The van der Waals surface area contributed by atoms with Gasteiger partial charge in [-0.2, -0.15) is 0 Å². The maximum absolute atomic E-state index is 11.6. The van der Waals surface area contributed by atoms with Crippen LogP contribution >= 0.6 is 0 Å². The Labute approximate surface area is 102 Å². The molecule has 0 spiro atoms. The predicted molar refractivity (Wildman–Crippen MR) is 69.2 cm³/mol. The molecule has 2 aliphatic carbocycles. The zero-order chi connectivity index (χ0) is 11.9. The van der Waals surface area contributed by atoms with Crippen LogP contribution in [0, 0.1) is 5.92 Å². The molecule has 3 aliphatic rings. The monoisotopic (exact) mass is 227 g/mol. The summed E-state index contributed by atoms with van der Waals surface area (Å²) in [7, 11) is 0. The quantitative estimate of drug-likeness (QED) is 0.526. The van der Waals surface area contributed by atoms with Gasteiger partial charge in [0.2, 0.25) is 0 Å². The van der Waals surface area contributed by atoms with Gasteiger partial charge in [-0.25, -0.2) is 0 Å². The fourth-order valence-electron chi connectivity index (χ4n) is 3.21. The van der Waals surface area contributed by atoms with Crippen LogP contribution in [0.15, 0.2) is 39.9 Å². The lowest BCUT2D eigenvalue weighted by Gasteiger charge is -2.25. The van der Waals surface area contributed by atoms with E-state index in [2.05, 4.69) is 4.99 Å². The van der Waals surface area contributed by atoms with Gasteiger partial charge in [-0.1, -0.05) is 11.6 Å². The van der Waals surface area contributed by atoms with Gasteiger partial charge in [0.05, 0.1) is 0 Å². The molecule has 1 aliphatic heterocycles. The zero-order valence-corrected chi connectivity index (χ0v) is 10.1. The van der Waals surface area contributed by atoms with Gasteiger partial charge < -0.3 is 0 Å². The summed E-state index contributed by atoms with van der Waals surface area (Å²) in [5.41, 5.74) is 3.22. The van der Waals surface area contributed by atoms with Crippen molar-refractivity contribution in [1.29, 1.82) is 0 Å². The minimum absolute atomic E-state index is 0.696. The van der Waals surface area contributed by atoms with Crippen molar-refractivity contribution in [3.05, 3.63) is 34.9 Å². The van der Waals surface area contributed by atoms with E-state index < -0.39 is 5.54 Å². The first-order chi connectivity index (χ1) is 8.23. The SMILES string of the molecule is CC1=CC=NC(C=O)(C2=C3CCC(C3)C2)C=C1. The molecule has 0 aromatic rings. The van der Waals surface area contributed by atoms with Crippen LogP contribution in [0.4, 0.5) is 0 Å². The number of allylic oxidation sites excluding steroid dienone is 4. The van der Waals surface area contributed by atoms with Crippen LogP contribution in [0.1, 0.15) is 32.6 Å². The number of carbonyl (C=O) groups is 1. The van der Waals surface area contributed by atoms with E-state index in [0.717, 1.165) is 24.2 Å². The van der Waals surface area contributed by atoms with Crippen LogP contribution < -0.4 is 0 Å². The normalized spacial score (nSPS) is 35.1. The summed E-state index contributed by atoms with van der Waals surface area (Å²) in [6.07, 6.45) is 13.5. The van der Waals surface area contributed by atoms with Gasteiger partial charge in [-0.3, -0.25) is 9.79 Å². The summed E-state index contributed by atoms with van der Waals surface area (Å²) in [5, 5.41) is 0. The Kier molecular flexibility index (Phi) is 2.39. The van der Waals surface area contributed by atoms with Crippen LogP contribution in [-0.4, -0.2) is 18.0 Å². The molecule has 0 aromatic carbocycles. The first-order valence-electron chi connectivity index (χ1n) is 6.32. The maximum Gasteiger partial charge on any atom is 0.155 e. The Bertz CT molecular complexity index is 481. The van der Waals surface area contributed by atoms with Gasteiger partial charge in [-0.15, -0.1) is 0 Å². The molecule has 88 valence electrons. The standard InChI is InChI=1S/C15H17NO/c1-11-4-6-15(10-17,16-7-5-11)14-9-12-2-3-13(14)8-12/h4-7,10,12H,2-3,8-9H2,1H3. The van der Waals surface area contributed by atoms with Gasteiger partial charge >= 0.3 is 0 Å². The molecule has 0 amide bonds. The van der Waals surface area contributed by atoms with Crippen LogP contribution in [0.2, 0.25) is 0 Å². The van der Waals surface area contributed by atoms with Crippen molar-refractivity contribution in [3.63, 3.8) is 0 Å². The van der Waals surface area contributed by atoms with Crippen molar-refractivity contribution in [3.8, 4) is 0 Å². The number of hydrogen-bond donors (Lipinski definition) is 0. The topological polar surface area (TPSA) is 29.4 Å². The zero-order valence-electron chi connectivity index (χ0n) is 10.1. The lowest BCUT2D eigenvalue weighted by Crippen LogP contribution is -2.29. The van der Waals surface area contributed by atoms with Crippen molar-refractivity contribution in [2.45, 2.75) is 38.1 Å². The summed E-state index contributed by atoms with van der Waals surface area (Å²) >= 11 is 0. The Morgan fingerprint density at radius 2 is 2.35 bits per heavy atom. The summed E-state index contributed by atoms with van der Waals surface area (Å²) in [6.45, 7) is 2.03. The molecular formula is C15H17NO. The van der Waals surface area contributed by atoms with Crippen LogP contribution in [0.3, 0.4) is 0 Å². The van der Waals surface area contributed by atoms with Crippen molar-refractivity contribution in [2.75, 3.05) is 0 Å². The second kappa shape index (κ2) is 3.80.